The van der Waals surface area contributed by atoms with Crippen LogP contribution in [0.3, 0.4) is 0 Å². The zero-order valence-electron chi connectivity index (χ0n) is 22.7. The van der Waals surface area contributed by atoms with Crippen molar-refractivity contribution in [2.24, 2.45) is 0 Å². The van der Waals surface area contributed by atoms with Crippen molar-refractivity contribution in [1.29, 1.82) is 0 Å². The van der Waals surface area contributed by atoms with Gasteiger partial charge in [0.05, 0.1) is 15.9 Å². The topological polar surface area (TPSA) is 118 Å². The van der Waals surface area contributed by atoms with E-state index in [1.807, 2.05) is 65.4 Å². The zero-order chi connectivity index (χ0) is 30.4. The Balaban J connectivity index is 1.37. The molecule has 0 aliphatic carbocycles. The van der Waals surface area contributed by atoms with Gasteiger partial charge in [0, 0.05) is 11.6 Å². The van der Waals surface area contributed by atoms with Gasteiger partial charge in [-0.1, -0.05) is 84.9 Å². The van der Waals surface area contributed by atoms with E-state index in [2.05, 4.69) is 5.32 Å². The van der Waals surface area contributed by atoms with E-state index in [1.165, 1.54) is 36.4 Å². The molecule has 0 radical (unpaired) electrons. The maximum atomic E-state index is 13.2. The third-order valence-electron chi connectivity index (χ3n) is 6.84. The number of anilines is 1. The predicted octanol–water partition coefficient (Wildman–Crippen LogP) is 6.92. The van der Waals surface area contributed by atoms with Crippen molar-refractivity contribution in [1.82, 2.24) is 4.72 Å². The molecule has 0 bridgehead atoms. The normalized spacial score (nSPS) is 11.8. The zero-order valence-corrected chi connectivity index (χ0v) is 23.5. The number of nitro benzene ring substituents is 1. The minimum atomic E-state index is -4.45. The lowest BCUT2D eigenvalue weighted by Crippen LogP contribution is -2.30. The molecule has 0 saturated heterocycles. The summed E-state index contributed by atoms with van der Waals surface area (Å²) in [5, 5.41) is 15.3. The molecular weight excluding hydrogens is 569 g/mol. The lowest BCUT2D eigenvalue weighted by Gasteiger charge is -2.21. The van der Waals surface area contributed by atoms with E-state index in [9.17, 15) is 27.7 Å². The summed E-state index contributed by atoms with van der Waals surface area (Å²) in [4.78, 5) is 23.8. The summed E-state index contributed by atoms with van der Waals surface area (Å²) in [5.74, 6) is -1.28. The Morgan fingerprint density at radius 3 is 1.98 bits per heavy atom. The van der Waals surface area contributed by atoms with Crippen molar-refractivity contribution in [2.75, 3.05) is 5.32 Å². The molecule has 43 heavy (non-hydrogen) atoms. The van der Waals surface area contributed by atoms with Gasteiger partial charge < -0.3 is 5.32 Å². The molecule has 0 heterocycles. The number of sulfonamides is 1. The number of nitrogens with zero attached hydrogens (tertiary/aromatic N) is 1. The Morgan fingerprint density at radius 2 is 1.37 bits per heavy atom. The number of nitrogens with one attached hydrogen (secondary N) is 2. The van der Waals surface area contributed by atoms with Crippen molar-refractivity contribution < 1.29 is 22.5 Å². The van der Waals surface area contributed by atoms with Crippen molar-refractivity contribution in [3.8, 4) is 11.1 Å². The molecule has 216 valence electrons. The van der Waals surface area contributed by atoms with Crippen LogP contribution in [-0.2, 0) is 16.4 Å². The smallest absolute Gasteiger partial charge is 0.293 e. The second kappa shape index (κ2) is 12.7. The number of amides is 1. The Labute approximate surface area is 248 Å². The fourth-order valence-electron chi connectivity index (χ4n) is 4.62. The second-order valence-corrected chi connectivity index (χ2v) is 11.4. The van der Waals surface area contributed by atoms with Gasteiger partial charge >= 0.3 is 0 Å². The first-order valence-electron chi connectivity index (χ1n) is 13.3. The van der Waals surface area contributed by atoms with Crippen LogP contribution in [0.1, 0.15) is 27.5 Å². The quantitative estimate of drug-likeness (QED) is 0.134. The van der Waals surface area contributed by atoms with Gasteiger partial charge in [-0.25, -0.2) is 17.5 Å². The van der Waals surface area contributed by atoms with Gasteiger partial charge in [-0.05, 0) is 65.1 Å². The van der Waals surface area contributed by atoms with E-state index in [4.69, 9.17) is 0 Å². The van der Waals surface area contributed by atoms with Crippen LogP contribution < -0.4 is 10.0 Å². The van der Waals surface area contributed by atoms with Crippen molar-refractivity contribution in [2.45, 2.75) is 17.4 Å². The number of rotatable bonds is 10. The highest BCUT2D eigenvalue weighted by Gasteiger charge is 2.25. The molecule has 0 fully saturated rings. The van der Waals surface area contributed by atoms with Crippen LogP contribution in [0.15, 0.2) is 132 Å². The molecule has 8 nitrogen and oxygen atoms in total. The van der Waals surface area contributed by atoms with Crippen LogP contribution in [0, 0.1) is 15.9 Å². The van der Waals surface area contributed by atoms with E-state index < -0.39 is 31.4 Å². The summed E-state index contributed by atoms with van der Waals surface area (Å²) in [7, 11) is -4.45. The Hall–Kier alpha value is -5.35. The number of benzene rings is 5. The van der Waals surface area contributed by atoms with Crippen molar-refractivity contribution >= 4 is 27.3 Å². The molecule has 5 aromatic carbocycles. The first kappa shape index (κ1) is 29.2. The average Bonchev–Trinajstić information content (AvgIpc) is 3.02. The van der Waals surface area contributed by atoms with E-state index in [-0.39, 0.29) is 23.1 Å². The van der Waals surface area contributed by atoms with E-state index in [0.29, 0.717) is 12.0 Å². The highest BCUT2D eigenvalue weighted by atomic mass is 32.2. The third-order valence-corrected chi connectivity index (χ3v) is 8.17. The standard InChI is InChI=1S/C33H26FN3O5S/c34-28-17-15-25(16-18-28)24-11-13-27(14-12-24)33(38)36-43(41,42)29-19-20-30(32(22-29)37(39)40)35-31(26-9-5-2-6-10-26)21-23-7-3-1-4-8-23/h1-20,22,31,35H,21H2,(H,36,38). The molecule has 1 atom stereocenters. The maximum absolute atomic E-state index is 13.2. The van der Waals surface area contributed by atoms with Crippen LogP contribution in [0.2, 0.25) is 0 Å². The number of carbonyl (C=O) groups excluding carboxylic acids is 1. The third kappa shape index (κ3) is 7.11. The van der Waals surface area contributed by atoms with Gasteiger partial charge in [0.15, 0.2) is 0 Å². The monoisotopic (exact) mass is 595 g/mol. The first-order chi connectivity index (χ1) is 20.7. The van der Waals surface area contributed by atoms with Crippen LogP contribution in [-0.4, -0.2) is 19.2 Å². The predicted molar refractivity (Wildman–Crippen MR) is 163 cm³/mol. The van der Waals surface area contributed by atoms with Gasteiger partial charge in [-0.3, -0.25) is 14.9 Å². The number of carbonyl (C=O) groups is 1. The van der Waals surface area contributed by atoms with E-state index >= 15 is 0 Å². The molecule has 0 saturated carbocycles. The molecule has 0 aliphatic rings. The Bertz CT molecular complexity index is 1850. The highest BCUT2D eigenvalue weighted by Crippen LogP contribution is 2.32. The Kier molecular flexibility index (Phi) is 8.59. The summed E-state index contributed by atoms with van der Waals surface area (Å²) in [6, 6.07) is 34.1. The number of nitro groups is 1. The molecule has 10 heteroatoms. The van der Waals surface area contributed by atoms with Gasteiger partial charge in [0.25, 0.3) is 21.6 Å². The molecular formula is C33H26FN3O5S. The lowest BCUT2D eigenvalue weighted by molar-refractivity contribution is -0.384. The first-order valence-corrected chi connectivity index (χ1v) is 14.7. The van der Waals surface area contributed by atoms with Crippen LogP contribution in [0.4, 0.5) is 15.8 Å². The minimum Gasteiger partial charge on any atom is -0.372 e. The van der Waals surface area contributed by atoms with Gasteiger partial charge in [-0.2, -0.15) is 0 Å². The number of hydrogen-bond donors (Lipinski definition) is 2. The van der Waals surface area contributed by atoms with Crippen molar-refractivity contribution in [3.63, 3.8) is 0 Å². The lowest BCUT2D eigenvalue weighted by atomic mass is 9.98. The van der Waals surface area contributed by atoms with E-state index in [0.717, 1.165) is 22.8 Å². The van der Waals surface area contributed by atoms with E-state index in [1.54, 1.807) is 24.3 Å². The number of halogens is 1. The van der Waals surface area contributed by atoms with Gasteiger partial charge in [-0.15, -0.1) is 0 Å². The summed E-state index contributed by atoms with van der Waals surface area (Å²) >= 11 is 0. The average molecular weight is 596 g/mol. The molecule has 0 aromatic heterocycles. The Morgan fingerprint density at radius 1 is 0.791 bits per heavy atom. The second-order valence-electron chi connectivity index (χ2n) is 9.75. The molecule has 1 amide bonds. The fraction of sp³-hybridized carbons (Fsp3) is 0.0606. The minimum absolute atomic E-state index is 0.0637. The largest absolute Gasteiger partial charge is 0.372 e. The molecule has 2 N–H and O–H groups in total. The summed E-state index contributed by atoms with van der Waals surface area (Å²) < 4.78 is 41.4. The van der Waals surface area contributed by atoms with Gasteiger partial charge in [0.2, 0.25) is 0 Å². The molecule has 5 rings (SSSR count). The maximum Gasteiger partial charge on any atom is 0.293 e. The highest BCUT2D eigenvalue weighted by molar-refractivity contribution is 7.90. The number of hydrogen-bond acceptors (Lipinski definition) is 6. The molecule has 0 spiro atoms. The van der Waals surface area contributed by atoms with Crippen LogP contribution in [0.25, 0.3) is 11.1 Å². The SMILES string of the molecule is O=C(NS(=O)(=O)c1ccc(NC(Cc2ccccc2)c2ccccc2)c([N+](=O)[O-])c1)c1ccc(-c2ccc(F)cc2)cc1. The van der Waals surface area contributed by atoms with Crippen LogP contribution in [0.5, 0.6) is 0 Å². The van der Waals surface area contributed by atoms with Crippen molar-refractivity contribution in [3.05, 3.63) is 160 Å². The van der Waals surface area contributed by atoms with Crippen LogP contribution >= 0.6 is 0 Å². The molecule has 5 aromatic rings. The fourth-order valence-corrected chi connectivity index (χ4v) is 5.62. The van der Waals surface area contributed by atoms with Gasteiger partial charge in [0.1, 0.15) is 11.5 Å². The summed E-state index contributed by atoms with van der Waals surface area (Å²) in [5.41, 5.74) is 3.09. The molecule has 0 aliphatic heterocycles. The summed E-state index contributed by atoms with van der Waals surface area (Å²) in [6.07, 6.45) is 0.526. The summed E-state index contributed by atoms with van der Waals surface area (Å²) in [6.45, 7) is 0. The molecule has 1 unspecified atom stereocenters.